The van der Waals surface area contributed by atoms with Crippen molar-refractivity contribution in [3.05, 3.63) is 65.6 Å². The Morgan fingerprint density at radius 1 is 1.19 bits per heavy atom. The smallest absolute Gasteiger partial charge is 0.275 e. The Bertz CT molecular complexity index is 961. The van der Waals surface area contributed by atoms with Gasteiger partial charge in [0.2, 0.25) is 0 Å². The molecule has 3 rings (SSSR count). The number of carbonyl (C=O) groups is 2. The molecule has 0 radical (unpaired) electrons. The Morgan fingerprint density at radius 2 is 1.96 bits per heavy atom. The average molecular weight is 350 g/mol. The van der Waals surface area contributed by atoms with Crippen LogP contribution in [0.25, 0.3) is 5.65 Å². The molecular weight excluding hydrogens is 328 g/mol. The van der Waals surface area contributed by atoms with E-state index in [2.05, 4.69) is 15.6 Å². The second-order valence-electron chi connectivity index (χ2n) is 6.38. The van der Waals surface area contributed by atoms with Gasteiger partial charge in [-0.3, -0.25) is 9.59 Å². The fourth-order valence-corrected chi connectivity index (χ4v) is 2.57. The van der Waals surface area contributed by atoms with Crippen LogP contribution in [0.4, 0.5) is 5.69 Å². The molecule has 0 saturated carbocycles. The van der Waals surface area contributed by atoms with Crippen LogP contribution in [0.5, 0.6) is 0 Å². The molecule has 0 unspecified atom stereocenters. The summed E-state index contributed by atoms with van der Waals surface area (Å²) in [6, 6.07) is 10.9. The van der Waals surface area contributed by atoms with Crippen LogP contribution in [0, 0.1) is 6.92 Å². The first-order valence-electron chi connectivity index (χ1n) is 8.64. The summed E-state index contributed by atoms with van der Waals surface area (Å²) in [4.78, 5) is 29.4. The number of hydrogen-bond acceptors (Lipinski definition) is 3. The maximum absolute atomic E-state index is 12.6. The van der Waals surface area contributed by atoms with Crippen molar-refractivity contribution < 1.29 is 9.59 Å². The lowest BCUT2D eigenvalue weighted by atomic mass is 10.1. The van der Waals surface area contributed by atoms with Gasteiger partial charge < -0.3 is 15.0 Å². The molecule has 26 heavy (non-hydrogen) atoms. The highest BCUT2D eigenvalue weighted by Crippen LogP contribution is 2.17. The third-order valence-electron chi connectivity index (χ3n) is 4.26. The number of benzene rings is 1. The second-order valence-corrected chi connectivity index (χ2v) is 6.38. The van der Waals surface area contributed by atoms with Gasteiger partial charge in [-0.15, -0.1) is 0 Å². The zero-order chi connectivity index (χ0) is 18.7. The van der Waals surface area contributed by atoms with Crippen molar-refractivity contribution in [2.75, 3.05) is 5.32 Å². The first-order chi connectivity index (χ1) is 12.5. The van der Waals surface area contributed by atoms with Crippen molar-refractivity contribution >= 4 is 23.1 Å². The monoisotopic (exact) mass is 350 g/mol. The van der Waals surface area contributed by atoms with Crippen LogP contribution < -0.4 is 10.6 Å². The van der Waals surface area contributed by atoms with E-state index >= 15 is 0 Å². The third-order valence-corrected chi connectivity index (χ3v) is 4.26. The molecule has 0 aliphatic rings. The molecule has 6 heteroatoms. The highest BCUT2D eigenvalue weighted by molar-refractivity contribution is 6.08. The number of hydrogen-bond donors (Lipinski definition) is 2. The lowest BCUT2D eigenvalue weighted by Crippen LogP contribution is -2.32. The number of nitrogens with one attached hydrogen (secondary N) is 2. The number of carbonyl (C=O) groups excluding carboxylic acids is 2. The molecule has 2 amide bonds. The van der Waals surface area contributed by atoms with Gasteiger partial charge in [0.25, 0.3) is 11.8 Å². The summed E-state index contributed by atoms with van der Waals surface area (Å²) >= 11 is 0. The van der Waals surface area contributed by atoms with E-state index in [1.165, 1.54) is 0 Å². The van der Waals surface area contributed by atoms with Crippen LogP contribution >= 0.6 is 0 Å². The van der Waals surface area contributed by atoms with E-state index in [1.54, 1.807) is 34.9 Å². The fourth-order valence-electron chi connectivity index (χ4n) is 2.57. The standard InChI is InChI=1S/C20H22N4O2/c1-4-14(3)21-19(25)15-7-5-6-8-16(15)23-20(26)17-12-24-10-9-13(2)11-18(24)22-17/h5-12,14H,4H2,1-3H3,(H,21,25)(H,23,26)/t14-/m0/s1. The Morgan fingerprint density at radius 3 is 2.73 bits per heavy atom. The topological polar surface area (TPSA) is 75.5 Å². The number of fused-ring (bicyclic) bond motifs is 1. The van der Waals surface area contributed by atoms with Crippen molar-refractivity contribution in [1.29, 1.82) is 0 Å². The van der Waals surface area contributed by atoms with Crippen LogP contribution in [-0.2, 0) is 0 Å². The number of aryl methyl sites for hydroxylation is 1. The Labute approximate surface area is 152 Å². The highest BCUT2D eigenvalue weighted by Gasteiger charge is 2.17. The molecule has 2 N–H and O–H groups in total. The molecule has 134 valence electrons. The van der Waals surface area contributed by atoms with Gasteiger partial charge in [0.05, 0.1) is 11.3 Å². The first kappa shape index (κ1) is 17.7. The van der Waals surface area contributed by atoms with Crippen molar-refractivity contribution in [2.45, 2.75) is 33.2 Å². The maximum atomic E-state index is 12.6. The van der Waals surface area contributed by atoms with Crippen LogP contribution in [0.15, 0.2) is 48.8 Å². The average Bonchev–Trinajstić information content (AvgIpc) is 3.05. The number of anilines is 1. The third kappa shape index (κ3) is 3.74. The minimum absolute atomic E-state index is 0.0629. The molecule has 1 aromatic carbocycles. The van der Waals surface area contributed by atoms with Crippen molar-refractivity contribution in [1.82, 2.24) is 14.7 Å². The second kappa shape index (κ2) is 7.39. The number of aromatic nitrogens is 2. The van der Waals surface area contributed by atoms with Gasteiger partial charge in [0, 0.05) is 18.4 Å². The van der Waals surface area contributed by atoms with E-state index < -0.39 is 0 Å². The zero-order valence-corrected chi connectivity index (χ0v) is 15.1. The number of para-hydroxylation sites is 1. The first-order valence-corrected chi connectivity index (χ1v) is 8.64. The van der Waals surface area contributed by atoms with Gasteiger partial charge in [-0.05, 0) is 50.1 Å². The summed E-state index contributed by atoms with van der Waals surface area (Å²) in [7, 11) is 0. The van der Waals surface area contributed by atoms with E-state index in [1.807, 2.05) is 39.1 Å². The molecule has 0 saturated heterocycles. The molecule has 0 aliphatic carbocycles. The van der Waals surface area contributed by atoms with Gasteiger partial charge in [0.15, 0.2) is 0 Å². The predicted octanol–water partition coefficient (Wildman–Crippen LogP) is 3.42. The normalized spacial score (nSPS) is 12.0. The van der Waals surface area contributed by atoms with E-state index in [0.717, 1.165) is 12.0 Å². The summed E-state index contributed by atoms with van der Waals surface area (Å²) in [5.74, 6) is -0.559. The fraction of sp³-hybridized carbons (Fsp3) is 0.250. The Kier molecular flexibility index (Phi) is 5.02. The molecule has 3 aromatic rings. The van der Waals surface area contributed by atoms with Gasteiger partial charge in [-0.2, -0.15) is 0 Å². The molecule has 0 aliphatic heterocycles. The van der Waals surface area contributed by atoms with Gasteiger partial charge in [0.1, 0.15) is 11.3 Å². The number of imidazole rings is 1. The Balaban J connectivity index is 1.83. The highest BCUT2D eigenvalue weighted by atomic mass is 16.2. The lowest BCUT2D eigenvalue weighted by molar-refractivity contribution is 0.0940. The predicted molar refractivity (Wildman–Crippen MR) is 102 cm³/mol. The van der Waals surface area contributed by atoms with E-state index in [0.29, 0.717) is 22.6 Å². The number of amides is 2. The van der Waals surface area contributed by atoms with Crippen molar-refractivity contribution in [3.8, 4) is 0 Å². The largest absolute Gasteiger partial charge is 0.350 e. The molecular formula is C20H22N4O2. The Hall–Kier alpha value is -3.15. The van der Waals surface area contributed by atoms with Gasteiger partial charge in [-0.25, -0.2) is 4.98 Å². The minimum Gasteiger partial charge on any atom is -0.350 e. The van der Waals surface area contributed by atoms with E-state index in [9.17, 15) is 9.59 Å². The maximum Gasteiger partial charge on any atom is 0.275 e. The van der Waals surface area contributed by atoms with Crippen LogP contribution in [0.3, 0.4) is 0 Å². The number of pyridine rings is 1. The lowest BCUT2D eigenvalue weighted by Gasteiger charge is -2.14. The molecule has 0 spiro atoms. The number of rotatable bonds is 5. The minimum atomic E-state index is -0.352. The summed E-state index contributed by atoms with van der Waals surface area (Å²) in [6.07, 6.45) is 4.37. The number of nitrogens with zero attached hydrogens (tertiary/aromatic N) is 2. The summed E-state index contributed by atoms with van der Waals surface area (Å²) in [5, 5.41) is 5.72. The summed E-state index contributed by atoms with van der Waals surface area (Å²) in [6.45, 7) is 5.92. The van der Waals surface area contributed by atoms with Crippen molar-refractivity contribution in [2.24, 2.45) is 0 Å². The molecule has 2 aromatic heterocycles. The van der Waals surface area contributed by atoms with E-state index in [4.69, 9.17) is 0 Å². The molecule has 0 fully saturated rings. The van der Waals surface area contributed by atoms with E-state index in [-0.39, 0.29) is 17.9 Å². The van der Waals surface area contributed by atoms with Crippen LogP contribution in [-0.4, -0.2) is 27.2 Å². The molecule has 2 heterocycles. The zero-order valence-electron chi connectivity index (χ0n) is 15.1. The molecule has 6 nitrogen and oxygen atoms in total. The summed E-state index contributed by atoms with van der Waals surface area (Å²) in [5.41, 5.74) is 2.97. The molecule has 1 atom stereocenters. The van der Waals surface area contributed by atoms with Gasteiger partial charge in [-0.1, -0.05) is 19.1 Å². The van der Waals surface area contributed by atoms with Crippen LogP contribution in [0.2, 0.25) is 0 Å². The molecule has 0 bridgehead atoms. The van der Waals surface area contributed by atoms with Crippen molar-refractivity contribution in [3.63, 3.8) is 0 Å². The summed E-state index contributed by atoms with van der Waals surface area (Å²) < 4.78 is 1.80. The van der Waals surface area contributed by atoms with Crippen LogP contribution in [0.1, 0.15) is 46.7 Å². The quantitative estimate of drug-likeness (QED) is 0.740. The SMILES string of the molecule is CC[C@H](C)NC(=O)c1ccccc1NC(=O)c1cn2ccc(C)cc2n1. The van der Waals surface area contributed by atoms with Gasteiger partial charge >= 0.3 is 0 Å².